The van der Waals surface area contributed by atoms with Crippen molar-refractivity contribution < 1.29 is 22.7 Å². The number of sulfonamides is 1. The van der Waals surface area contributed by atoms with E-state index in [4.69, 9.17) is 27.9 Å². The largest absolute Gasteiger partial charge is 0.462 e. The Morgan fingerprint density at radius 2 is 1.87 bits per heavy atom. The molecular weight excluding hydrogens is 463 g/mol. The molecule has 0 aliphatic carbocycles. The number of nitrogens with zero attached hydrogens (tertiary/aromatic N) is 1. The third-order valence-corrected chi connectivity index (χ3v) is 7.38. The van der Waals surface area contributed by atoms with E-state index in [0.717, 1.165) is 0 Å². The minimum atomic E-state index is -3.72. The summed E-state index contributed by atoms with van der Waals surface area (Å²) in [6.07, 6.45) is 1.13. The molecule has 1 saturated heterocycles. The third kappa shape index (κ3) is 5.57. The van der Waals surface area contributed by atoms with Crippen LogP contribution in [-0.2, 0) is 19.6 Å². The fraction of sp³-hybridized carbons (Fsp3) is 0.333. The van der Waals surface area contributed by atoms with Gasteiger partial charge in [-0.25, -0.2) is 13.2 Å². The summed E-state index contributed by atoms with van der Waals surface area (Å²) in [4.78, 5) is 24.8. The van der Waals surface area contributed by atoms with E-state index < -0.39 is 21.9 Å². The van der Waals surface area contributed by atoms with Crippen molar-refractivity contribution in [2.75, 3.05) is 25.0 Å². The highest BCUT2D eigenvalue weighted by molar-refractivity contribution is 7.89. The number of piperidine rings is 1. The van der Waals surface area contributed by atoms with Gasteiger partial charge in [-0.1, -0.05) is 23.2 Å². The van der Waals surface area contributed by atoms with Gasteiger partial charge in [0.1, 0.15) is 0 Å². The predicted molar refractivity (Wildman–Crippen MR) is 119 cm³/mol. The van der Waals surface area contributed by atoms with Crippen LogP contribution >= 0.6 is 23.2 Å². The number of nitrogens with one attached hydrogen (secondary N) is 1. The van der Waals surface area contributed by atoms with Crippen LogP contribution in [0.25, 0.3) is 0 Å². The fourth-order valence-corrected chi connectivity index (χ4v) is 5.25. The molecule has 0 spiro atoms. The molecule has 3 rings (SSSR count). The highest BCUT2D eigenvalue weighted by Gasteiger charge is 2.33. The van der Waals surface area contributed by atoms with Crippen molar-refractivity contribution in [3.63, 3.8) is 0 Å². The number of hydrogen-bond acceptors (Lipinski definition) is 5. The molecule has 1 N–H and O–H groups in total. The van der Waals surface area contributed by atoms with Gasteiger partial charge in [-0.3, -0.25) is 4.79 Å². The number of ether oxygens (including phenoxy) is 1. The van der Waals surface area contributed by atoms with Crippen molar-refractivity contribution in [2.24, 2.45) is 5.92 Å². The Morgan fingerprint density at radius 3 is 2.52 bits per heavy atom. The number of carbonyl (C=O) groups excluding carboxylic acids is 2. The second-order valence-electron chi connectivity index (χ2n) is 7.06. The standard InChI is InChI=1S/C21H22Cl2N2O5S/c1-2-30-21(27)18-10-7-16(12-19(18)23)24-20(26)14-4-3-11-25(13-14)31(28,29)17-8-5-15(22)6-9-17/h5-10,12,14H,2-4,11,13H2,1H3,(H,24,26)/t14-/m0/s1. The molecule has 166 valence electrons. The van der Waals surface area contributed by atoms with Crippen LogP contribution in [-0.4, -0.2) is 44.3 Å². The van der Waals surface area contributed by atoms with Gasteiger partial charge in [-0.05, 0) is 62.2 Å². The molecule has 1 amide bonds. The first-order valence-corrected chi connectivity index (χ1v) is 11.9. The van der Waals surface area contributed by atoms with Crippen molar-refractivity contribution >= 4 is 50.8 Å². The number of carbonyl (C=O) groups is 2. The van der Waals surface area contributed by atoms with Gasteiger partial charge >= 0.3 is 5.97 Å². The first-order chi connectivity index (χ1) is 14.7. The summed E-state index contributed by atoms with van der Waals surface area (Å²) in [5, 5.41) is 3.36. The Balaban J connectivity index is 1.69. The van der Waals surface area contributed by atoms with Gasteiger partial charge in [0.2, 0.25) is 15.9 Å². The average Bonchev–Trinajstić information content (AvgIpc) is 2.74. The third-order valence-electron chi connectivity index (χ3n) is 4.94. The van der Waals surface area contributed by atoms with Crippen LogP contribution in [0.4, 0.5) is 5.69 Å². The lowest BCUT2D eigenvalue weighted by atomic mass is 9.98. The molecule has 1 atom stereocenters. The monoisotopic (exact) mass is 484 g/mol. The minimum absolute atomic E-state index is 0.0748. The Bertz CT molecular complexity index is 1070. The molecule has 7 nitrogen and oxygen atoms in total. The average molecular weight is 485 g/mol. The summed E-state index contributed by atoms with van der Waals surface area (Å²) in [5.41, 5.74) is 0.625. The van der Waals surface area contributed by atoms with E-state index in [2.05, 4.69) is 5.32 Å². The Hall–Kier alpha value is -2.13. The lowest BCUT2D eigenvalue weighted by Gasteiger charge is -2.31. The smallest absolute Gasteiger partial charge is 0.339 e. The van der Waals surface area contributed by atoms with E-state index in [-0.39, 0.29) is 34.5 Å². The minimum Gasteiger partial charge on any atom is -0.462 e. The van der Waals surface area contributed by atoms with Gasteiger partial charge < -0.3 is 10.1 Å². The maximum absolute atomic E-state index is 12.9. The highest BCUT2D eigenvalue weighted by atomic mass is 35.5. The number of benzene rings is 2. The summed E-state index contributed by atoms with van der Waals surface area (Å²) in [6, 6.07) is 10.5. The normalized spacial score (nSPS) is 17.2. The first kappa shape index (κ1) is 23.5. The number of amides is 1. The predicted octanol–water partition coefficient (Wildman–Crippen LogP) is 4.21. The van der Waals surface area contributed by atoms with Crippen LogP contribution in [0.3, 0.4) is 0 Å². The maximum atomic E-state index is 12.9. The summed E-state index contributed by atoms with van der Waals surface area (Å²) in [7, 11) is -3.72. The molecule has 0 bridgehead atoms. The molecule has 1 fully saturated rings. The lowest BCUT2D eigenvalue weighted by molar-refractivity contribution is -0.120. The van der Waals surface area contributed by atoms with Crippen molar-refractivity contribution in [3.8, 4) is 0 Å². The van der Waals surface area contributed by atoms with Crippen LogP contribution in [0.15, 0.2) is 47.4 Å². The second-order valence-corrected chi connectivity index (χ2v) is 9.84. The van der Waals surface area contributed by atoms with Gasteiger partial charge in [0.25, 0.3) is 0 Å². The molecule has 0 saturated carbocycles. The van der Waals surface area contributed by atoms with E-state index in [1.807, 2.05) is 0 Å². The Kier molecular flexibility index (Phi) is 7.59. The van der Waals surface area contributed by atoms with Crippen LogP contribution in [0.5, 0.6) is 0 Å². The van der Waals surface area contributed by atoms with Crippen LogP contribution < -0.4 is 5.32 Å². The fourth-order valence-electron chi connectivity index (χ4n) is 3.34. The SMILES string of the molecule is CCOC(=O)c1ccc(NC(=O)[C@H]2CCCN(S(=O)(=O)c3ccc(Cl)cc3)C2)cc1Cl. The van der Waals surface area contributed by atoms with Crippen molar-refractivity contribution in [1.82, 2.24) is 4.31 Å². The number of rotatable bonds is 6. The number of anilines is 1. The van der Waals surface area contributed by atoms with Gasteiger partial charge in [0.05, 0.1) is 28.0 Å². The molecule has 1 aliphatic heterocycles. The van der Waals surface area contributed by atoms with Crippen molar-refractivity contribution in [3.05, 3.63) is 58.1 Å². The second kappa shape index (κ2) is 9.99. The molecule has 10 heteroatoms. The molecular formula is C21H22Cl2N2O5S. The summed E-state index contributed by atoms with van der Waals surface area (Å²) < 4.78 is 32.1. The Morgan fingerprint density at radius 1 is 1.16 bits per heavy atom. The molecule has 0 aromatic heterocycles. The molecule has 1 aliphatic rings. The zero-order valence-corrected chi connectivity index (χ0v) is 19.1. The summed E-state index contributed by atoms with van der Waals surface area (Å²) in [6.45, 7) is 2.34. The molecule has 0 radical (unpaired) electrons. The Labute approximate surface area is 191 Å². The number of hydrogen-bond donors (Lipinski definition) is 1. The van der Waals surface area contributed by atoms with Crippen LogP contribution in [0, 0.1) is 5.92 Å². The van der Waals surface area contributed by atoms with E-state index in [0.29, 0.717) is 30.1 Å². The van der Waals surface area contributed by atoms with E-state index >= 15 is 0 Å². The topological polar surface area (TPSA) is 92.8 Å². The van der Waals surface area contributed by atoms with Crippen LogP contribution in [0.2, 0.25) is 10.0 Å². The van der Waals surface area contributed by atoms with Crippen LogP contribution in [0.1, 0.15) is 30.1 Å². The number of halogens is 2. The quantitative estimate of drug-likeness (QED) is 0.619. The van der Waals surface area contributed by atoms with E-state index in [1.165, 1.54) is 40.7 Å². The van der Waals surface area contributed by atoms with Gasteiger partial charge in [0.15, 0.2) is 0 Å². The zero-order chi connectivity index (χ0) is 22.6. The van der Waals surface area contributed by atoms with E-state index in [1.54, 1.807) is 13.0 Å². The zero-order valence-electron chi connectivity index (χ0n) is 16.8. The highest BCUT2D eigenvalue weighted by Crippen LogP contribution is 2.27. The first-order valence-electron chi connectivity index (χ1n) is 9.75. The van der Waals surface area contributed by atoms with Gasteiger partial charge in [0, 0.05) is 23.8 Å². The maximum Gasteiger partial charge on any atom is 0.339 e. The summed E-state index contributed by atoms with van der Waals surface area (Å²) in [5.74, 6) is -1.36. The summed E-state index contributed by atoms with van der Waals surface area (Å²) >= 11 is 12.0. The molecule has 31 heavy (non-hydrogen) atoms. The molecule has 0 unspecified atom stereocenters. The van der Waals surface area contributed by atoms with Crippen molar-refractivity contribution in [1.29, 1.82) is 0 Å². The molecule has 1 heterocycles. The van der Waals surface area contributed by atoms with Crippen molar-refractivity contribution in [2.45, 2.75) is 24.7 Å². The van der Waals surface area contributed by atoms with Gasteiger partial charge in [-0.2, -0.15) is 4.31 Å². The molecule has 2 aromatic carbocycles. The number of esters is 1. The van der Waals surface area contributed by atoms with Gasteiger partial charge in [-0.15, -0.1) is 0 Å². The molecule has 2 aromatic rings. The lowest BCUT2D eigenvalue weighted by Crippen LogP contribution is -2.43. The van der Waals surface area contributed by atoms with E-state index in [9.17, 15) is 18.0 Å².